The van der Waals surface area contributed by atoms with E-state index in [1.807, 2.05) is 4.68 Å². The molecule has 0 spiro atoms. The van der Waals surface area contributed by atoms with Gasteiger partial charge < -0.3 is 5.32 Å². The van der Waals surface area contributed by atoms with Crippen LogP contribution in [0.4, 0.5) is 0 Å². The predicted octanol–water partition coefficient (Wildman–Crippen LogP) is 1.01. The molecule has 0 aliphatic carbocycles. The molecule has 2 aliphatic heterocycles. The number of aromatic nitrogens is 3. The van der Waals surface area contributed by atoms with Gasteiger partial charge in [0.15, 0.2) is 0 Å². The summed E-state index contributed by atoms with van der Waals surface area (Å²) in [7, 11) is 2.23. The number of fused-ring (bicyclic) bond motifs is 2. The predicted molar refractivity (Wildman–Crippen MR) is 70.1 cm³/mol. The van der Waals surface area contributed by atoms with Crippen molar-refractivity contribution in [2.45, 2.75) is 63.8 Å². The molecule has 3 heterocycles. The topological polar surface area (TPSA) is 46.0 Å². The molecule has 1 aromatic heterocycles. The number of piperidine rings is 1. The molecule has 2 atom stereocenters. The molecule has 1 N–H and O–H groups in total. The maximum atomic E-state index is 4.37. The van der Waals surface area contributed by atoms with Crippen LogP contribution in [0.15, 0.2) is 6.33 Å². The minimum Gasteiger partial charge on any atom is -0.311 e. The first-order valence-corrected chi connectivity index (χ1v) is 7.09. The summed E-state index contributed by atoms with van der Waals surface area (Å²) in [4.78, 5) is 6.83. The van der Waals surface area contributed by atoms with E-state index in [2.05, 4.69) is 34.3 Å². The summed E-state index contributed by atoms with van der Waals surface area (Å²) in [6.45, 7) is 3.93. The number of nitrogens with one attached hydrogen (secondary N) is 1. The van der Waals surface area contributed by atoms with Crippen LogP contribution in [0, 0.1) is 0 Å². The Morgan fingerprint density at radius 2 is 2.11 bits per heavy atom. The maximum Gasteiger partial charge on any atom is 0.140 e. The summed E-state index contributed by atoms with van der Waals surface area (Å²) in [6, 6.07) is 2.20. The summed E-state index contributed by atoms with van der Waals surface area (Å²) >= 11 is 0. The third-order valence-corrected chi connectivity index (χ3v) is 4.46. The molecule has 0 amide bonds. The lowest BCUT2D eigenvalue weighted by molar-refractivity contribution is 0.160. The van der Waals surface area contributed by atoms with Crippen molar-refractivity contribution < 1.29 is 0 Å². The molecule has 18 heavy (non-hydrogen) atoms. The molecular formula is C13H23N5. The van der Waals surface area contributed by atoms with Crippen molar-refractivity contribution in [1.29, 1.82) is 0 Å². The number of rotatable bonds is 4. The fourth-order valence-corrected chi connectivity index (χ4v) is 3.41. The Labute approximate surface area is 109 Å². The second-order valence-electron chi connectivity index (χ2n) is 5.67. The standard InChI is InChI=1S/C13H23N5/c1-3-18-13(14-9-15-18)8-17(2)12-6-10-4-5-11(7-12)16-10/h9-12,16H,3-8H2,1-2H3. The molecule has 0 radical (unpaired) electrons. The molecule has 100 valence electrons. The number of hydrogen-bond donors (Lipinski definition) is 1. The lowest BCUT2D eigenvalue weighted by atomic mass is 9.98. The van der Waals surface area contributed by atoms with Gasteiger partial charge in [-0.25, -0.2) is 9.67 Å². The van der Waals surface area contributed by atoms with Gasteiger partial charge >= 0.3 is 0 Å². The number of hydrogen-bond acceptors (Lipinski definition) is 4. The minimum absolute atomic E-state index is 0.700. The Balaban J connectivity index is 1.63. The van der Waals surface area contributed by atoms with Crippen LogP contribution in [-0.4, -0.2) is 44.8 Å². The highest BCUT2D eigenvalue weighted by Gasteiger charge is 2.35. The van der Waals surface area contributed by atoms with Crippen LogP contribution in [0.3, 0.4) is 0 Å². The number of aryl methyl sites for hydroxylation is 1. The largest absolute Gasteiger partial charge is 0.311 e. The zero-order valence-electron chi connectivity index (χ0n) is 11.3. The molecule has 5 heteroatoms. The van der Waals surface area contributed by atoms with Crippen LogP contribution in [0.1, 0.15) is 38.4 Å². The highest BCUT2D eigenvalue weighted by atomic mass is 15.3. The molecule has 1 aromatic rings. The Bertz CT molecular complexity index is 390. The van der Waals surface area contributed by atoms with Crippen LogP contribution >= 0.6 is 0 Å². The monoisotopic (exact) mass is 249 g/mol. The average Bonchev–Trinajstić information content (AvgIpc) is 2.95. The van der Waals surface area contributed by atoms with Crippen LogP contribution in [0.2, 0.25) is 0 Å². The average molecular weight is 249 g/mol. The highest BCUT2D eigenvalue weighted by molar-refractivity contribution is 4.96. The van der Waals surface area contributed by atoms with E-state index >= 15 is 0 Å². The summed E-state index contributed by atoms with van der Waals surface area (Å²) in [5.74, 6) is 1.09. The van der Waals surface area contributed by atoms with Crippen LogP contribution in [0.5, 0.6) is 0 Å². The van der Waals surface area contributed by atoms with E-state index in [9.17, 15) is 0 Å². The van der Waals surface area contributed by atoms with Gasteiger partial charge in [-0.2, -0.15) is 5.10 Å². The fourth-order valence-electron chi connectivity index (χ4n) is 3.41. The van der Waals surface area contributed by atoms with Crippen LogP contribution < -0.4 is 5.32 Å². The van der Waals surface area contributed by atoms with E-state index in [0.29, 0.717) is 6.04 Å². The van der Waals surface area contributed by atoms with E-state index in [0.717, 1.165) is 31.0 Å². The first-order valence-electron chi connectivity index (χ1n) is 7.09. The van der Waals surface area contributed by atoms with Gasteiger partial charge in [0, 0.05) is 24.7 Å². The van der Waals surface area contributed by atoms with Gasteiger partial charge in [0.2, 0.25) is 0 Å². The SMILES string of the molecule is CCn1ncnc1CN(C)C1CC2CCC(C1)N2. The molecule has 3 rings (SSSR count). The quantitative estimate of drug-likeness (QED) is 0.865. The van der Waals surface area contributed by atoms with Gasteiger partial charge in [-0.15, -0.1) is 0 Å². The smallest absolute Gasteiger partial charge is 0.140 e. The number of nitrogens with zero attached hydrogens (tertiary/aromatic N) is 4. The van der Waals surface area contributed by atoms with Crippen molar-refractivity contribution in [2.24, 2.45) is 0 Å². The first-order chi connectivity index (χ1) is 8.76. The molecule has 0 aromatic carbocycles. The van der Waals surface area contributed by atoms with E-state index < -0.39 is 0 Å². The second kappa shape index (κ2) is 4.97. The van der Waals surface area contributed by atoms with Crippen molar-refractivity contribution in [3.8, 4) is 0 Å². The molecule has 2 fully saturated rings. The lowest BCUT2D eigenvalue weighted by Crippen LogP contribution is -2.46. The van der Waals surface area contributed by atoms with Gasteiger partial charge in [-0.3, -0.25) is 4.90 Å². The van der Waals surface area contributed by atoms with E-state index in [-0.39, 0.29) is 0 Å². The Hall–Kier alpha value is -0.940. The summed E-state index contributed by atoms with van der Waals surface area (Å²) in [6.07, 6.45) is 6.96. The van der Waals surface area contributed by atoms with Gasteiger partial charge in [-0.05, 0) is 39.7 Å². The molecule has 2 aliphatic rings. The molecule has 2 saturated heterocycles. The molecule has 5 nitrogen and oxygen atoms in total. The van der Waals surface area contributed by atoms with Crippen molar-refractivity contribution in [3.05, 3.63) is 12.2 Å². The molecular weight excluding hydrogens is 226 g/mol. The van der Waals surface area contributed by atoms with Gasteiger partial charge in [0.05, 0.1) is 6.54 Å². The van der Waals surface area contributed by atoms with Gasteiger partial charge in [0.1, 0.15) is 12.2 Å². The lowest BCUT2D eigenvalue weighted by Gasteiger charge is -2.35. The molecule has 0 saturated carbocycles. The van der Waals surface area contributed by atoms with Crippen molar-refractivity contribution >= 4 is 0 Å². The van der Waals surface area contributed by atoms with Crippen molar-refractivity contribution in [1.82, 2.24) is 25.0 Å². The van der Waals surface area contributed by atoms with Crippen molar-refractivity contribution in [2.75, 3.05) is 7.05 Å². The Kier molecular flexibility index (Phi) is 3.35. The fraction of sp³-hybridized carbons (Fsp3) is 0.846. The van der Waals surface area contributed by atoms with Crippen LogP contribution in [0.25, 0.3) is 0 Å². The summed E-state index contributed by atoms with van der Waals surface area (Å²) in [5, 5.41) is 7.94. The molecule has 2 bridgehead atoms. The normalized spacial score (nSPS) is 31.2. The minimum atomic E-state index is 0.700. The zero-order valence-corrected chi connectivity index (χ0v) is 11.3. The van der Waals surface area contributed by atoms with E-state index in [1.165, 1.54) is 25.7 Å². The maximum absolute atomic E-state index is 4.37. The highest BCUT2D eigenvalue weighted by Crippen LogP contribution is 2.29. The van der Waals surface area contributed by atoms with E-state index in [1.54, 1.807) is 6.33 Å². The van der Waals surface area contributed by atoms with Gasteiger partial charge in [-0.1, -0.05) is 0 Å². The zero-order chi connectivity index (χ0) is 12.5. The Morgan fingerprint density at radius 3 is 2.78 bits per heavy atom. The third kappa shape index (κ3) is 2.29. The van der Waals surface area contributed by atoms with Crippen molar-refractivity contribution in [3.63, 3.8) is 0 Å². The van der Waals surface area contributed by atoms with Gasteiger partial charge in [0.25, 0.3) is 0 Å². The van der Waals surface area contributed by atoms with E-state index in [4.69, 9.17) is 0 Å². The first kappa shape index (κ1) is 12.1. The summed E-state index contributed by atoms with van der Waals surface area (Å²) in [5.41, 5.74) is 0. The van der Waals surface area contributed by atoms with Crippen LogP contribution in [-0.2, 0) is 13.1 Å². The molecule has 2 unspecified atom stereocenters. The summed E-state index contributed by atoms with van der Waals surface area (Å²) < 4.78 is 1.99. The Morgan fingerprint density at radius 1 is 1.39 bits per heavy atom. The second-order valence-corrected chi connectivity index (χ2v) is 5.67. The third-order valence-electron chi connectivity index (χ3n) is 4.46.